The molecule has 1 aromatic carbocycles. The monoisotopic (exact) mass is 293 g/mol. The SMILES string of the molecule is Cl.N[C@@H](c1ccc(Cl)c(Cl)c1)C1CCCCC1. The second kappa shape index (κ2) is 6.84. The van der Waals surface area contributed by atoms with Gasteiger partial charge in [0.2, 0.25) is 0 Å². The molecule has 0 aromatic heterocycles. The lowest BCUT2D eigenvalue weighted by Gasteiger charge is -2.27. The van der Waals surface area contributed by atoms with Crippen LogP contribution < -0.4 is 5.73 Å². The number of hydrogen-bond donors (Lipinski definition) is 1. The summed E-state index contributed by atoms with van der Waals surface area (Å²) in [5.41, 5.74) is 7.40. The van der Waals surface area contributed by atoms with Crippen molar-refractivity contribution in [3.05, 3.63) is 33.8 Å². The Kier molecular flexibility index (Phi) is 6.08. The normalized spacial score (nSPS) is 18.5. The largest absolute Gasteiger partial charge is 0.324 e. The van der Waals surface area contributed by atoms with Crippen LogP contribution in [0.1, 0.15) is 43.7 Å². The molecule has 2 N–H and O–H groups in total. The van der Waals surface area contributed by atoms with E-state index in [2.05, 4.69) is 0 Å². The van der Waals surface area contributed by atoms with Gasteiger partial charge in [-0.1, -0.05) is 48.5 Å². The molecule has 0 bridgehead atoms. The van der Waals surface area contributed by atoms with Gasteiger partial charge in [0.15, 0.2) is 0 Å². The molecule has 1 nitrogen and oxygen atoms in total. The van der Waals surface area contributed by atoms with Crippen LogP contribution in [0.4, 0.5) is 0 Å². The van der Waals surface area contributed by atoms with Gasteiger partial charge in [-0.05, 0) is 36.5 Å². The molecule has 1 aliphatic rings. The summed E-state index contributed by atoms with van der Waals surface area (Å²) >= 11 is 11.9. The Balaban J connectivity index is 0.00000144. The Morgan fingerprint density at radius 2 is 1.71 bits per heavy atom. The fraction of sp³-hybridized carbons (Fsp3) is 0.538. The predicted molar refractivity (Wildman–Crippen MR) is 77.2 cm³/mol. The van der Waals surface area contributed by atoms with Crippen molar-refractivity contribution in [3.8, 4) is 0 Å². The number of hydrogen-bond acceptors (Lipinski definition) is 1. The van der Waals surface area contributed by atoms with Crippen LogP contribution in [0.25, 0.3) is 0 Å². The summed E-state index contributed by atoms with van der Waals surface area (Å²) in [6, 6.07) is 5.84. The second-order valence-electron chi connectivity index (χ2n) is 4.60. The minimum atomic E-state index is 0. The molecule has 1 saturated carbocycles. The van der Waals surface area contributed by atoms with Gasteiger partial charge >= 0.3 is 0 Å². The Morgan fingerprint density at radius 1 is 1.06 bits per heavy atom. The summed E-state index contributed by atoms with van der Waals surface area (Å²) in [6.45, 7) is 0. The molecular formula is C13H18Cl3N. The summed E-state index contributed by atoms with van der Waals surface area (Å²) in [7, 11) is 0. The fourth-order valence-electron chi connectivity index (χ4n) is 2.49. The predicted octanol–water partition coefficient (Wildman–Crippen LogP) is 5.00. The molecule has 0 spiro atoms. The van der Waals surface area contributed by atoms with Crippen LogP contribution in [0.15, 0.2) is 18.2 Å². The summed E-state index contributed by atoms with van der Waals surface area (Å²) in [6.07, 6.45) is 6.44. The van der Waals surface area contributed by atoms with E-state index in [0.717, 1.165) is 5.56 Å². The maximum Gasteiger partial charge on any atom is 0.0595 e. The van der Waals surface area contributed by atoms with E-state index in [-0.39, 0.29) is 18.4 Å². The van der Waals surface area contributed by atoms with E-state index in [1.807, 2.05) is 18.2 Å². The first-order chi connectivity index (χ1) is 7.68. The molecule has 0 aliphatic heterocycles. The molecular weight excluding hydrogens is 277 g/mol. The Bertz CT molecular complexity index is 362. The smallest absolute Gasteiger partial charge is 0.0595 e. The molecule has 0 heterocycles. The molecule has 1 aromatic rings. The topological polar surface area (TPSA) is 26.0 Å². The highest BCUT2D eigenvalue weighted by Gasteiger charge is 2.22. The lowest BCUT2D eigenvalue weighted by atomic mass is 9.81. The van der Waals surface area contributed by atoms with E-state index in [9.17, 15) is 0 Å². The van der Waals surface area contributed by atoms with E-state index in [4.69, 9.17) is 28.9 Å². The summed E-state index contributed by atoms with van der Waals surface area (Å²) < 4.78 is 0. The molecule has 1 fully saturated rings. The molecule has 0 radical (unpaired) electrons. The third-order valence-corrected chi connectivity index (χ3v) is 4.23. The molecule has 1 aliphatic carbocycles. The average molecular weight is 295 g/mol. The van der Waals surface area contributed by atoms with E-state index in [0.29, 0.717) is 16.0 Å². The fourth-order valence-corrected chi connectivity index (χ4v) is 2.79. The minimum absolute atomic E-state index is 0. The van der Waals surface area contributed by atoms with Crippen molar-refractivity contribution in [3.63, 3.8) is 0 Å². The number of nitrogens with two attached hydrogens (primary N) is 1. The van der Waals surface area contributed by atoms with E-state index in [1.165, 1.54) is 32.1 Å². The first-order valence-electron chi connectivity index (χ1n) is 5.89. The van der Waals surface area contributed by atoms with Crippen molar-refractivity contribution in [2.75, 3.05) is 0 Å². The third kappa shape index (κ3) is 3.75. The van der Waals surface area contributed by atoms with E-state index < -0.39 is 0 Å². The van der Waals surface area contributed by atoms with Crippen LogP contribution in [0.5, 0.6) is 0 Å². The third-order valence-electron chi connectivity index (χ3n) is 3.49. The zero-order chi connectivity index (χ0) is 11.5. The van der Waals surface area contributed by atoms with Crippen molar-refractivity contribution in [2.45, 2.75) is 38.1 Å². The van der Waals surface area contributed by atoms with Crippen LogP contribution in [0, 0.1) is 5.92 Å². The van der Waals surface area contributed by atoms with E-state index >= 15 is 0 Å². The van der Waals surface area contributed by atoms with Crippen LogP contribution in [0.3, 0.4) is 0 Å². The molecule has 4 heteroatoms. The van der Waals surface area contributed by atoms with Crippen molar-refractivity contribution >= 4 is 35.6 Å². The van der Waals surface area contributed by atoms with Gasteiger partial charge in [-0.3, -0.25) is 0 Å². The Morgan fingerprint density at radius 3 is 2.29 bits per heavy atom. The highest BCUT2D eigenvalue weighted by molar-refractivity contribution is 6.42. The zero-order valence-corrected chi connectivity index (χ0v) is 12.0. The van der Waals surface area contributed by atoms with Crippen molar-refractivity contribution in [1.29, 1.82) is 0 Å². The van der Waals surface area contributed by atoms with Crippen molar-refractivity contribution < 1.29 is 0 Å². The maximum atomic E-state index is 6.29. The quantitative estimate of drug-likeness (QED) is 0.816. The maximum absolute atomic E-state index is 6.29. The van der Waals surface area contributed by atoms with Crippen molar-refractivity contribution in [2.24, 2.45) is 11.7 Å². The lowest BCUT2D eigenvalue weighted by molar-refractivity contribution is 0.308. The van der Waals surface area contributed by atoms with E-state index in [1.54, 1.807) is 0 Å². The van der Waals surface area contributed by atoms with Gasteiger partial charge in [0.1, 0.15) is 0 Å². The van der Waals surface area contributed by atoms with Gasteiger partial charge in [0.05, 0.1) is 10.0 Å². The standard InChI is InChI=1S/C13H17Cl2N.ClH/c14-11-7-6-10(8-12(11)15)13(16)9-4-2-1-3-5-9;/h6-9,13H,1-5,16H2;1H/t13-;/m1./s1. The lowest BCUT2D eigenvalue weighted by Crippen LogP contribution is -2.23. The molecule has 0 amide bonds. The number of halogens is 3. The molecule has 96 valence electrons. The highest BCUT2D eigenvalue weighted by Crippen LogP contribution is 2.34. The highest BCUT2D eigenvalue weighted by atomic mass is 35.5. The first kappa shape index (κ1) is 15.1. The van der Waals surface area contributed by atoms with Gasteiger partial charge in [-0.25, -0.2) is 0 Å². The van der Waals surface area contributed by atoms with Gasteiger partial charge in [0.25, 0.3) is 0 Å². The zero-order valence-electron chi connectivity index (χ0n) is 9.66. The Labute approximate surface area is 119 Å². The van der Waals surface area contributed by atoms with Gasteiger partial charge in [-0.2, -0.15) is 0 Å². The summed E-state index contributed by atoms with van der Waals surface area (Å²) in [4.78, 5) is 0. The number of benzene rings is 1. The first-order valence-corrected chi connectivity index (χ1v) is 6.64. The van der Waals surface area contributed by atoms with Crippen LogP contribution in [0.2, 0.25) is 10.0 Å². The Hall–Kier alpha value is 0.0500. The summed E-state index contributed by atoms with van der Waals surface area (Å²) in [5.74, 6) is 0.603. The van der Waals surface area contributed by atoms with Crippen molar-refractivity contribution in [1.82, 2.24) is 0 Å². The molecule has 17 heavy (non-hydrogen) atoms. The molecule has 2 rings (SSSR count). The second-order valence-corrected chi connectivity index (χ2v) is 5.41. The van der Waals surface area contributed by atoms with Gasteiger partial charge in [0, 0.05) is 6.04 Å². The average Bonchev–Trinajstić information content (AvgIpc) is 2.33. The van der Waals surface area contributed by atoms with Gasteiger partial charge < -0.3 is 5.73 Å². The van der Waals surface area contributed by atoms with Gasteiger partial charge in [-0.15, -0.1) is 12.4 Å². The molecule has 1 atom stereocenters. The van der Waals surface area contributed by atoms with Crippen LogP contribution in [-0.4, -0.2) is 0 Å². The van der Waals surface area contributed by atoms with Crippen LogP contribution >= 0.6 is 35.6 Å². The molecule has 0 unspecified atom stereocenters. The summed E-state index contributed by atoms with van der Waals surface area (Å²) in [5, 5.41) is 1.20. The van der Waals surface area contributed by atoms with Crippen LogP contribution in [-0.2, 0) is 0 Å². The number of rotatable bonds is 2. The minimum Gasteiger partial charge on any atom is -0.324 e. The molecule has 0 saturated heterocycles.